The van der Waals surface area contributed by atoms with Crippen LogP contribution in [0.5, 0.6) is 0 Å². The minimum absolute atomic E-state index is 0.167. The second-order valence-corrected chi connectivity index (χ2v) is 1.18. The maximum Gasteiger partial charge on any atom is 0.373 e. The van der Waals surface area contributed by atoms with E-state index in [0.717, 1.165) is 7.11 Å². The molecule has 0 aliphatic carbocycles. The number of hydrogen-bond donors (Lipinski definition) is 2. The Labute approximate surface area is 54.1 Å². The summed E-state index contributed by atoms with van der Waals surface area (Å²) in [5, 5.41) is 15.1. The van der Waals surface area contributed by atoms with E-state index >= 15 is 0 Å². The fourth-order valence-electron chi connectivity index (χ4n) is 0. The summed E-state index contributed by atoms with van der Waals surface area (Å²) >= 11 is 0. The Bertz CT molecular complexity index is 51.2. The molecule has 0 unspecified atom stereocenters. The van der Waals surface area contributed by atoms with Crippen molar-refractivity contribution >= 4 is 6.15 Å². The van der Waals surface area contributed by atoms with Gasteiger partial charge in [0.1, 0.15) is 0 Å². The third-order valence-corrected chi connectivity index (χ3v) is 0. The van der Waals surface area contributed by atoms with Crippen molar-refractivity contribution in [2.75, 3.05) is 7.11 Å². The molecule has 0 heterocycles. The molecule has 2 N–H and O–H groups in total. The van der Waals surface area contributed by atoms with E-state index in [1.54, 1.807) is 13.8 Å². The molecule has 9 heavy (non-hydrogen) atoms. The van der Waals surface area contributed by atoms with Gasteiger partial charge in [-0.25, -0.2) is 0 Å². The number of rotatable bonds is 0. The second kappa shape index (κ2) is 26.6. The molecule has 0 aromatic carbocycles. The zero-order valence-electron chi connectivity index (χ0n) is 5.79. The van der Waals surface area contributed by atoms with E-state index in [-0.39, 0.29) is 12.3 Å². The Morgan fingerprint density at radius 2 is 1.22 bits per heavy atom. The Balaban J connectivity index is -0.0000000646. The first kappa shape index (κ1) is 15.7. The normalized spacial score (nSPS) is 5.56. The van der Waals surface area contributed by atoms with E-state index in [1.807, 2.05) is 0 Å². The molecule has 0 aromatic heterocycles. The van der Waals surface area contributed by atoms with Crippen molar-refractivity contribution in [3.8, 4) is 0 Å². The lowest BCUT2D eigenvalue weighted by atomic mass is 10.5. The van der Waals surface area contributed by atoms with Crippen LogP contribution in [0, 0.1) is 0 Å². The predicted molar refractivity (Wildman–Crippen MR) is 30.5 cm³/mol. The first-order valence-corrected chi connectivity index (χ1v) is 2.27. The fourth-order valence-corrected chi connectivity index (χ4v) is 0. The highest BCUT2D eigenvalue weighted by Gasteiger charge is 1.69. The van der Waals surface area contributed by atoms with Crippen molar-refractivity contribution in [1.82, 2.24) is 0 Å². The summed E-state index contributed by atoms with van der Waals surface area (Å²) in [6.07, 6.45) is 0.0833. The van der Waals surface area contributed by atoms with Gasteiger partial charge in [-0.05, 0) is 13.8 Å². The Kier molecular flexibility index (Phi) is 46.5. The molecule has 0 radical (unpaired) electrons. The van der Waals surface area contributed by atoms with E-state index in [4.69, 9.17) is 19.8 Å². The Hall–Kier alpha value is -0.700. The summed E-state index contributed by atoms with van der Waals surface area (Å²) in [5.74, 6) is 0. The van der Waals surface area contributed by atoms with Crippen molar-refractivity contribution in [1.29, 1.82) is 0 Å². The van der Waals surface area contributed by atoms with Gasteiger partial charge in [-0.3, -0.25) is 0 Å². The highest BCUT2D eigenvalue weighted by molar-refractivity contribution is 5.20. The van der Waals surface area contributed by atoms with E-state index in [1.165, 1.54) is 0 Å². The molecule has 0 saturated heterocycles. The van der Waals surface area contributed by atoms with Gasteiger partial charge in [0.25, 0.3) is 0 Å². The van der Waals surface area contributed by atoms with E-state index in [9.17, 15) is 0 Å². The number of aliphatic hydroxyl groups is 2. The molecule has 0 aliphatic heterocycles. The molecule has 0 bridgehead atoms. The van der Waals surface area contributed by atoms with Crippen LogP contribution in [0.3, 0.4) is 0 Å². The SMILES string of the molecule is CC(C)O.CO.O=C=O. The summed E-state index contributed by atoms with van der Waals surface area (Å²) in [5.41, 5.74) is 0. The molecule has 0 spiro atoms. The van der Waals surface area contributed by atoms with Crippen molar-refractivity contribution < 1.29 is 19.8 Å². The lowest BCUT2D eigenvalue weighted by Gasteiger charge is -1.80. The number of carbonyl (C=O) groups excluding carboxylic acids is 2. The van der Waals surface area contributed by atoms with Crippen LogP contribution in [0.2, 0.25) is 0 Å². The average molecular weight is 136 g/mol. The van der Waals surface area contributed by atoms with Crippen LogP contribution in [-0.4, -0.2) is 29.6 Å². The molecule has 0 amide bonds. The molecule has 0 aliphatic rings. The first-order chi connectivity index (χ1) is 4.15. The molecule has 0 saturated carbocycles. The molecule has 0 aromatic rings. The average Bonchev–Trinajstić information content (AvgIpc) is 1.71. The van der Waals surface area contributed by atoms with Crippen molar-refractivity contribution in [2.24, 2.45) is 0 Å². The third kappa shape index (κ3) is 418. The third-order valence-electron chi connectivity index (χ3n) is 0. The van der Waals surface area contributed by atoms with Gasteiger partial charge in [0.15, 0.2) is 0 Å². The van der Waals surface area contributed by atoms with Gasteiger partial charge in [0, 0.05) is 13.2 Å². The predicted octanol–water partition coefficient (Wildman–Crippen LogP) is -0.588. The monoisotopic (exact) mass is 136 g/mol. The number of aliphatic hydroxyl groups excluding tert-OH is 2. The Morgan fingerprint density at radius 1 is 1.22 bits per heavy atom. The van der Waals surface area contributed by atoms with Crippen LogP contribution >= 0.6 is 0 Å². The lowest BCUT2D eigenvalue weighted by molar-refractivity contribution is -0.191. The summed E-state index contributed by atoms with van der Waals surface area (Å²) in [6.45, 7) is 3.44. The second-order valence-electron chi connectivity index (χ2n) is 1.18. The summed E-state index contributed by atoms with van der Waals surface area (Å²) in [4.78, 5) is 16.2. The van der Waals surface area contributed by atoms with Crippen LogP contribution < -0.4 is 0 Å². The summed E-state index contributed by atoms with van der Waals surface area (Å²) in [6, 6.07) is 0. The van der Waals surface area contributed by atoms with Crippen LogP contribution in [0.1, 0.15) is 13.8 Å². The lowest BCUT2D eigenvalue weighted by Crippen LogP contribution is -1.85. The van der Waals surface area contributed by atoms with E-state index < -0.39 is 0 Å². The molecule has 4 heteroatoms. The fraction of sp³-hybridized carbons (Fsp3) is 0.800. The van der Waals surface area contributed by atoms with Crippen molar-refractivity contribution in [3.63, 3.8) is 0 Å². The Morgan fingerprint density at radius 3 is 1.22 bits per heavy atom. The molecule has 0 atom stereocenters. The topological polar surface area (TPSA) is 74.6 Å². The zero-order chi connectivity index (χ0) is 8.28. The molecular weight excluding hydrogens is 124 g/mol. The van der Waals surface area contributed by atoms with E-state index in [0.29, 0.717) is 0 Å². The quantitative estimate of drug-likeness (QED) is 0.467. The largest absolute Gasteiger partial charge is 0.400 e. The molecule has 4 nitrogen and oxygen atoms in total. The van der Waals surface area contributed by atoms with Crippen LogP contribution in [0.4, 0.5) is 0 Å². The number of hydrogen-bond acceptors (Lipinski definition) is 4. The maximum absolute atomic E-state index is 8.12. The molecular formula is C5H12O4. The molecule has 0 rings (SSSR count). The van der Waals surface area contributed by atoms with Gasteiger partial charge in [-0.2, -0.15) is 9.59 Å². The summed E-state index contributed by atoms with van der Waals surface area (Å²) in [7, 11) is 1.00. The highest BCUT2D eigenvalue weighted by Crippen LogP contribution is 1.65. The standard InChI is InChI=1S/C3H8O.CO2.CH4O/c1-3(2)4;2-1-3;1-2/h3-4H,1-2H3;;2H,1H3. The van der Waals surface area contributed by atoms with Crippen LogP contribution in [-0.2, 0) is 9.59 Å². The molecule has 56 valence electrons. The molecule has 0 fully saturated rings. The first-order valence-electron chi connectivity index (χ1n) is 2.27. The van der Waals surface area contributed by atoms with Crippen molar-refractivity contribution in [3.05, 3.63) is 0 Å². The van der Waals surface area contributed by atoms with Crippen LogP contribution in [0.25, 0.3) is 0 Å². The van der Waals surface area contributed by atoms with Crippen LogP contribution in [0.15, 0.2) is 0 Å². The van der Waals surface area contributed by atoms with E-state index in [2.05, 4.69) is 0 Å². The minimum atomic E-state index is -0.167. The van der Waals surface area contributed by atoms with Gasteiger partial charge >= 0.3 is 6.15 Å². The van der Waals surface area contributed by atoms with Gasteiger partial charge < -0.3 is 10.2 Å². The van der Waals surface area contributed by atoms with Gasteiger partial charge in [0.2, 0.25) is 0 Å². The zero-order valence-corrected chi connectivity index (χ0v) is 5.79. The maximum atomic E-state index is 8.12. The van der Waals surface area contributed by atoms with Gasteiger partial charge in [-0.15, -0.1) is 0 Å². The van der Waals surface area contributed by atoms with Gasteiger partial charge in [0.05, 0.1) is 0 Å². The van der Waals surface area contributed by atoms with Gasteiger partial charge in [-0.1, -0.05) is 0 Å². The van der Waals surface area contributed by atoms with Crippen molar-refractivity contribution in [2.45, 2.75) is 20.0 Å². The smallest absolute Gasteiger partial charge is 0.373 e. The summed E-state index contributed by atoms with van der Waals surface area (Å²) < 4.78 is 0. The highest BCUT2D eigenvalue weighted by atomic mass is 16.3. The minimum Gasteiger partial charge on any atom is -0.400 e.